The van der Waals surface area contributed by atoms with Crippen molar-refractivity contribution in [1.82, 2.24) is 10.3 Å². The lowest BCUT2D eigenvalue weighted by Gasteiger charge is -2.15. The van der Waals surface area contributed by atoms with Crippen molar-refractivity contribution in [2.75, 3.05) is 12.3 Å². The van der Waals surface area contributed by atoms with Crippen LogP contribution in [0.5, 0.6) is 0 Å². The zero-order valence-corrected chi connectivity index (χ0v) is 9.52. The van der Waals surface area contributed by atoms with E-state index in [2.05, 4.69) is 4.98 Å². The molecule has 18 heavy (non-hydrogen) atoms. The summed E-state index contributed by atoms with van der Waals surface area (Å²) in [5.41, 5.74) is 5.12. The van der Waals surface area contributed by atoms with Crippen molar-refractivity contribution in [1.29, 1.82) is 0 Å². The van der Waals surface area contributed by atoms with E-state index in [1.807, 2.05) is 0 Å². The van der Waals surface area contributed by atoms with Crippen molar-refractivity contribution in [3.05, 3.63) is 22.8 Å². The highest BCUT2D eigenvalue weighted by Gasteiger charge is 2.40. The van der Waals surface area contributed by atoms with Crippen LogP contribution in [0.3, 0.4) is 0 Å². The van der Waals surface area contributed by atoms with E-state index in [-0.39, 0.29) is 16.4 Å². The number of nitrogens with one attached hydrogen (secondary N) is 1. The third-order valence-electron chi connectivity index (χ3n) is 1.94. The third kappa shape index (κ3) is 3.46. The van der Waals surface area contributed by atoms with Crippen LogP contribution in [0, 0.1) is 0 Å². The molecule has 100 valence electrons. The maximum Gasteiger partial charge on any atom is 0.324 e. The summed E-state index contributed by atoms with van der Waals surface area (Å²) in [6, 6.07) is 1.10. The van der Waals surface area contributed by atoms with Crippen molar-refractivity contribution in [3.8, 4) is 0 Å². The van der Waals surface area contributed by atoms with Crippen LogP contribution in [0.15, 0.2) is 12.3 Å². The summed E-state index contributed by atoms with van der Waals surface area (Å²) in [4.78, 5) is 14.9. The monoisotopic (exact) mass is 285 g/mol. The summed E-state index contributed by atoms with van der Waals surface area (Å²) in [6.45, 7) is -1.48. The maximum absolute atomic E-state index is 12.5. The van der Waals surface area contributed by atoms with Gasteiger partial charge in [-0.1, -0.05) is 11.6 Å². The maximum atomic E-state index is 12.5. The smallest absolute Gasteiger partial charge is 0.324 e. The number of nitrogens with zero attached hydrogens (tertiary/aromatic N) is 1. The van der Waals surface area contributed by atoms with Gasteiger partial charge in [0.2, 0.25) is 0 Å². The van der Waals surface area contributed by atoms with Crippen LogP contribution >= 0.6 is 11.6 Å². The van der Waals surface area contributed by atoms with E-state index in [0.29, 0.717) is 0 Å². The molecular formula is C9H8ClF4N3O. The van der Waals surface area contributed by atoms with Crippen LogP contribution in [0.2, 0.25) is 5.02 Å². The fraction of sp³-hybridized carbons (Fsp3) is 0.333. The standard InChI is InChI=1S/C9H8ClF4N3O/c10-5-1-4(2-16-6(5)15)7(18)17-3-9(13,14)8(11)12/h1-2,8H,3H2,(H2,15,16)(H,17,18). The number of nitrogen functional groups attached to an aromatic ring is 1. The van der Waals surface area contributed by atoms with E-state index in [1.165, 1.54) is 0 Å². The van der Waals surface area contributed by atoms with Crippen molar-refractivity contribution >= 4 is 23.3 Å². The highest BCUT2D eigenvalue weighted by molar-refractivity contribution is 6.33. The molecule has 0 saturated heterocycles. The SMILES string of the molecule is Nc1ncc(C(=O)NCC(F)(F)C(F)F)cc1Cl. The van der Waals surface area contributed by atoms with Gasteiger partial charge in [-0.3, -0.25) is 4.79 Å². The Balaban J connectivity index is 2.69. The Kier molecular flexibility index (Phi) is 4.33. The van der Waals surface area contributed by atoms with Crippen molar-refractivity contribution in [2.45, 2.75) is 12.3 Å². The van der Waals surface area contributed by atoms with Crippen LogP contribution in [-0.2, 0) is 0 Å². The molecule has 4 nitrogen and oxygen atoms in total. The Morgan fingerprint density at radius 1 is 1.56 bits per heavy atom. The number of rotatable bonds is 4. The molecule has 0 aliphatic rings. The number of alkyl halides is 4. The summed E-state index contributed by atoms with van der Waals surface area (Å²) in [6.07, 6.45) is -2.86. The van der Waals surface area contributed by atoms with Crippen molar-refractivity contribution in [3.63, 3.8) is 0 Å². The summed E-state index contributed by atoms with van der Waals surface area (Å²) in [7, 11) is 0. The second-order valence-corrected chi connectivity index (χ2v) is 3.74. The first kappa shape index (κ1) is 14.5. The van der Waals surface area contributed by atoms with Gasteiger partial charge in [0.15, 0.2) is 0 Å². The minimum Gasteiger partial charge on any atom is -0.382 e. The minimum absolute atomic E-state index is 0.0360. The number of hydrogen-bond donors (Lipinski definition) is 2. The topological polar surface area (TPSA) is 68.0 Å². The Hall–Kier alpha value is -1.57. The Morgan fingerprint density at radius 2 is 2.17 bits per heavy atom. The number of carbonyl (C=O) groups excluding carboxylic acids is 1. The fourth-order valence-electron chi connectivity index (χ4n) is 0.950. The minimum atomic E-state index is -4.29. The third-order valence-corrected chi connectivity index (χ3v) is 2.24. The molecule has 0 saturated carbocycles. The zero-order chi connectivity index (χ0) is 13.9. The number of aromatic nitrogens is 1. The van der Waals surface area contributed by atoms with Gasteiger partial charge in [-0.2, -0.15) is 8.78 Å². The van der Waals surface area contributed by atoms with Crippen LogP contribution in [0.4, 0.5) is 23.4 Å². The van der Waals surface area contributed by atoms with Crippen LogP contribution in [0.25, 0.3) is 0 Å². The lowest BCUT2D eigenvalue weighted by Crippen LogP contribution is -2.41. The largest absolute Gasteiger partial charge is 0.382 e. The lowest BCUT2D eigenvalue weighted by atomic mass is 10.2. The van der Waals surface area contributed by atoms with E-state index in [0.717, 1.165) is 12.3 Å². The normalized spacial score (nSPS) is 11.7. The van der Waals surface area contributed by atoms with Crippen molar-refractivity contribution in [2.24, 2.45) is 0 Å². The van der Waals surface area contributed by atoms with Crippen LogP contribution in [-0.4, -0.2) is 29.8 Å². The van der Waals surface area contributed by atoms with Gasteiger partial charge in [0.25, 0.3) is 5.91 Å². The molecule has 0 radical (unpaired) electrons. The highest BCUT2D eigenvalue weighted by Crippen LogP contribution is 2.22. The first-order valence-corrected chi connectivity index (χ1v) is 4.97. The van der Waals surface area contributed by atoms with Gasteiger partial charge in [-0.25, -0.2) is 13.8 Å². The van der Waals surface area contributed by atoms with E-state index in [4.69, 9.17) is 17.3 Å². The first-order valence-electron chi connectivity index (χ1n) is 4.59. The van der Waals surface area contributed by atoms with Crippen LogP contribution < -0.4 is 11.1 Å². The molecule has 1 aromatic rings. The average Bonchev–Trinajstić information content (AvgIpc) is 2.29. The molecule has 0 spiro atoms. The van der Waals surface area contributed by atoms with Gasteiger partial charge < -0.3 is 11.1 Å². The molecule has 3 N–H and O–H groups in total. The Morgan fingerprint density at radius 3 is 2.67 bits per heavy atom. The number of anilines is 1. The molecule has 1 heterocycles. The van der Waals surface area contributed by atoms with Crippen LogP contribution in [0.1, 0.15) is 10.4 Å². The Labute approximate surface area is 104 Å². The van der Waals surface area contributed by atoms with E-state index in [9.17, 15) is 22.4 Å². The molecule has 1 rings (SSSR count). The molecule has 0 atom stereocenters. The summed E-state index contributed by atoms with van der Waals surface area (Å²) in [5, 5.41) is 1.62. The average molecular weight is 286 g/mol. The van der Waals surface area contributed by atoms with Crippen molar-refractivity contribution < 1.29 is 22.4 Å². The molecule has 1 aromatic heterocycles. The fourth-order valence-corrected chi connectivity index (χ4v) is 1.12. The molecule has 0 fully saturated rings. The molecule has 0 aliphatic carbocycles. The highest BCUT2D eigenvalue weighted by atomic mass is 35.5. The lowest BCUT2D eigenvalue weighted by molar-refractivity contribution is -0.123. The molecule has 9 heteroatoms. The zero-order valence-electron chi connectivity index (χ0n) is 8.76. The number of amides is 1. The predicted molar refractivity (Wildman–Crippen MR) is 56.9 cm³/mol. The molecule has 1 amide bonds. The second-order valence-electron chi connectivity index (χ2n) is 3.34. The summed E-state index contributed by atoms with van der Waals surface area (Å²) < 4.78 is 48.7. The number of pyridine rings is 1. The molecule has 0 bridgehead atoms. The molecular weight excluding hydrogens is 278 g/mol. The quantitative estimate of drug-likeness (QED) is 0.831. The number of nitrogens with two attached hydrogens (primary N) is 1. The predicted octanol–water partition coefficient (Wildman–Crippen LogP) is 1.95. The molecule has 0 aromatic carbocycles. The summed E-state index contributed by atoms with van der Waals surface area (Å²) >= 11 is 5.56. The molecule has 0 aliphatic heterocycles. The van der Waals surface area contributed by atoms with E-state index in [1.54, 1.807) is 5.32 Å². The summed E-state index contributed by atoms with van der Waals surface area (Å²) in [5.74, 6) is -5.32. The number of carbonyl (C=O) groups is 1. The van der Waals surface area contributed by atoms with Gasteiger partial charge in [-0.15, -0.1) is 0 Å². The van der Waals surface area contributed by atoms with E-state index >= 15 is 0 Å². The molecule has 0 unspecified atom stereocenters. The Bertz CT molecular complexity index is 455. The number of hydrogen-bond acceptors (Lipinski definition) is 3. The first-order chi connectivity index (χ1) is 8.24. The van der Waals surface area contributed by atoms with E-state index < -0.39 is 24.8 Å². The van der Waals surface area contributed by atoms with Gasteiger partial charge in [0, 0.05) is 6.20 Å². The number of halogens is 5. The van der Waals surface area contributed by atoms with Gasteiger partial charge in [0.1, 0.15) is 5.82 Å². The van der Waals surface area contributed by atoms with Gasteiger partial charge in [0.05, 0.1) is 17.1 Å². The van der Waals surface area contributed by atoms with Gasteiger partial charge >= 0.3 is 12.3 Å². The van der Waals surface area contributed by atoms with Gasteiger partial charge in [-0.05, 0) is 6.07 Å². The second kappa shape index (κ2) is 5.38.